The molecule has 0 saturated carbocycles. The number of ether oxygens (including phenoxy) is 1. The van der Waals surface area contributed by atoms with E-state index in [0.29, 0.717) is 25.6 Å². The number of thiazole rings is 1. The first-order valence-electron chi connectivity index (χ1n) is 8.91. The maximum absolute atomic E-state index is 13.3. The number of hydrogen-bond acceptors (Lipinski definition) is 5. The molecule has 0 bridgehead atoms. The van der Waals surface area contributed by atoms with E-state index in [-0.39, 0.29) is 5.56 Å². The fraction of sp³-hybridized carbons (Fsp3) is 0.136. The monoisotopic (exact) mass is 424 g/mol. The van der Waals surface area contributed by atoms with Crippen LogP contribution in [-0.2, 0) is 9.53 Å². The van der Waals surface area contributed by atoms with Gasteiger partial charge in [-0.3, -0.25) is 9.36 Å². The third kappa shape index (κ3) is 3.45. The van der Waals surface area contributed by atoms with Crippen LogP contribution in [0.3, 0.4) is 0 Å². The lowest BCUT2D eigenvalue weighted by atomic mass is 9.96. The molecule has 1 aliphatic rings. The lowest BCUT2D eigenvalue weighted by molar-refractivity contribution is -0.136. The Labute approximate surface area is 175 Å². The lowest BCUT2D eigenvalue weighted by Gasteiger charge is -2.24. The Bertz CT molecular complexity index is 1310. The molecule has 0 unspecified atom stereocenters. The van der Waals surface area contributed by atoms with Crippen LogP contribution in [0.1, 0.15) is 24.1 Å². The van der Waals surface area contributed by atoms with Crippen LogP contribution in [0.2, 0.25) is 5.02 Å². The molecule has 0 fully saturated rings. The molecular formula is C22H17ClN2O3S. The van der Waals surface area contributed by atoms with Crippen molar-refractivity contribution >= 4 is 35.0 Å². The number of methoxy groups -OCH3 is 1. The van der Waals surface area contributed by atoms with Gasteiger partial charge in [0.05, 0.1) is 29.0 Å². The molecule has 0 aliphatic carbocycles. The van der Waals surface area contributed by atoms with Crippen LogP contribution in [0, 0.1) is 0 Å². The number of halogens is 1. The third-order valence-corrected chi connectivity index (χ3v) is 6.06. The van der Waals surface area contributed by atoms with Crippen molar-refractivity contribution < 1.29 is 9.53 Å². The molecule has 1 aliphatic heterocycles. The van der Waals surface area contributed by atoms with Crippen LogP contribution in [-0.4, -0.2) is 17.6 Å². The Morgan fingerprint density at radius 2 is 1.86 bits per heavy atom. The zero-order valence-corrected chi connectivity index (χ0v) is 17.3. The van der Waals surface area contributed by atoms with Gasteiger partial charge in [-0.25, -0.2) is 9.79 Å². The molecule has 7 heteroatoms. The summed E-state index contributed by atoms with van der Waals surface area (Å²) < 4.78 is 7.05. The summed E-state index contributed by atoms with van der Waals surface area (Å²) in [6.45, 7) is 1.76. The number of fused-ring (bicyclic) bond motifs is 1. The Morgan fingerprint density at radius 1 is 1.17 bits per heavy atom. The molecule has 0 amide bonds. The number of nitrogens with zero attached hydrogens (tertiary/aromatic N) is 2. The highest BCUT2D eigenvalue weighted by Crippen LogP contribution is 2.30. The molecule has 2 aromatic carbocycles. The molecule has 146 valence electrons. The van der Waals surface area contributed by atoms with Gasteiger partial charge in [0.1, 0.15) is 0 Å². The van der Waals surface area contributed by atoms with Crippen molar-refractivity contribution in [1.29, 1.82) is 0 Å². The fourth-order valence-electron chi connectivity index (χ4n) is 3.38. The summed E-state index contributed by atoms with van der Waals surface area (Å²) >= 11 is 7.53. The van der Waals surface area contributed by atoms with Crippen molar-refractivity contribution in [2.24, 2.45) is 4.99 Å². The molecule has 29 heavy (non-hydrogen) atoms. The Balaban J connectivity index is 2.00. The van der Waals surface area contributed by atoms with Crippen molar-refractivity contribution in [3.63, 3.8) is 0 Å². The molecule has 5 nitrogen and oxygen atoms in total. The third-order valence-electron chi connectivity index (χ3n) is 4.73. The van der Waals surface area contributed by atoms with Crippen LogP contribution >= 0.6 is 22.9 Å². The number of benzene rings is 2. The Hall–Kier alpha value is -2.96. The standard InChI is InChI=1S/C22H17ClN2O3S/c1-13-18(21(27)28-2)19(14-8-4-3-5-9-14)25-20(26)17(29-22(25)24-13)12-15-10-6-7-11-16(15)23/h3-12,19H,1-2H3/b17-12+/t19-/m0/s1. The number of carbonyl (C=O) groups is 1. The summed E-state index contributed by atoms with van der Waals surface area (Å²) in [7, 11) is 1.33. The molecular weight excluding hydrogens is 408 g/mol. The van der Waals surface area contributed by atoms with E-state index in [1.165, 1.54) is 18.4 Å². The Kier molecular flexibility index (Phi) is 5.22. The Morgan fingerprint density at radius 3 is 2.55 bits per heavy atom. The number of rotatable bonds is 3. The van der Waals surface area contributed by atoms with Crippen LogP contribution in [0.25, 0.3) is 6.08 Å². The molecule has 0 radical (unpaired) electrons. The molecule has 0 saturated heterocycles. The van der Waals surface area contributed by atoms with Gasteiger partial charge in [0.25, 0.3) is 5.56 Å². The highest BCUT2D eigenvalue weighted by Gasteiger charge is 2.32. The zero-order valence-electron chi connectivity index (χ0n) is 15.8. The average Bonchev–Trinajstić information content (AvgIpc) is 3.03. The highest BCUT2D eigenvalue weighted by molar-refractivity contribution is 7.07. The van der Waals surface area contributed by atoms with Crippen LogP contribution in [0.15, 0.2) is 75.7 Å². The van der Waals surface area contributed by atoms with E-state index < -0.39 is 12.0 Å². The van der Waals surface area contributed by atoms with Gasteiger partial charge in [-0.1, -0.05) is 71.5 Å². The summed E-state index contributed by atoms with van der Waals surface area (Å²) in [4.78, 5) is 30.9. The van der Waals surface area contributed by atoms with Gasteiger partial charge in [-0.05, 0) is 30.2 Å². The summed E-state index contributed by atoms with van der Waals surface area (Å²) in [5, 5.41) is 0.560. The number of esters is 1. The number of allylic oxidation sites excluding steroid dienone is 1. The predicted octanol–water partition coefficient (Wildman–Crippen LogP) is 3.06. The largest absolute Gasteiger partial charge is 0.466 e. The van der Waals surface area contributed by atoms with Crippen molar-refractivity contribution in [3.8, 4) is 0 Å². The minimum Gasteiger partial charge on any atom is -0.466 e. The van der Waals surface area contributed by atoms with Crippen LogP contribution < -0.4 is 14.9 Å². The van der Waals surface area contributed by atoms with Gasteiger partial charge >= 0.3 is 5.97 Å². The summed E-state index contributed by atoms with van der Waals surface area (Å²) in [5.41, 5.74) is 2.23. The van der Waals surface area contributed by atoms with E-state index in [1.54, 1.807) is 23.6 Å². The van der Waals surface area contributed by atoms with Crippen LogP contribution in [0.4, 0.5) is 0 Å². The molecule has 1 aromatic heterocycles. The first-order valence-corrected chi connectivity index (χ1v) is 10.1. The minimum absolute atomic E-state index is 0.226. The first kappa shape index (κ1) is 19.4. The van der Waals surface area contributed by atoms with Gasteiger partial charge in [0.15, 0.2) is 4.80 Å². The normalized spacial score (nSPS) is 16.4. The van der Waals surface area contributed by atoms with E-state index in [4.69, 9.17) is 16.3 Å². The quantitative estimate of drug-likeness (QED) is 0.607. The number of hydrogen-bond donors (Lipinski definition) is 0. The minimum atomic E-state index is -0.603. The van der Waals surface area contributed by atoms with E-state index >= 15 is 0 Å². The van der Waals surface area contributed by atoms with Gasteiger partial charge < -0.3 is 4.74 Å². The SMILES string of the molecule is COC(=O)C1=C(C)N=c2s/c(=C/c3ccccc3Cl)c(=O)n2[C@H]1c1ccccc1. The average molecular weight is 425 g/mol. The van der Waals surface area contributed by atoms with Crippen molar-refractivity contribution in [1.82, 2.24) is 4.57 Å². The van der Waals surface area contributed by atoms with Crippen molar-refractivity contribution in [2.45, 2.75) is 13.0 Å². The van der Waals surface area contributed by atoms with E-state index in [0.717, 1.165) is 11.1 Å². The molecule has 2 heterocycles. The second-order valence-corrected chi connectivity index (χ2v) is 7.92. The zero-order chi connectivity index (χ0) is 20.5. The van der Waals surface area contributed by atoms with Gasteiger partial charge in [-0.2, -0.15) is 0 Å². The maximum Gasteiger partial charge on any atom is 0.338 e. The predicted molar refractivity (Wildman–Crippen MR) is 114 cm³/mol. The first-order chi connectivity index (χ1) is 14.0. The summed E-state index contributed by atoms with van der Waals surface area (Å²) in [6, 6.07) is 16.1. The smallest absolute Gasteiger partial charge is 0.338 e. The molecule has 0 N–H and O–H groups in total. The maximum atomic E-state index is 13.3. The van der Waals surface area contributed by atoms with Crippen LogP contribution in [0.5, 0.6) is 0 Å². The van der Waals surface area contributed by atoms with E-state index in [1.807, 2.05) is 48.5 Å². The van der Waals surface area contributed by atoms with Crippen molar-refractivity contribution in [3.05, 3.63) is 102 Å². The van der Waals surface area contributed by atoms with Crippen molar-refractivity contribution in [2.75, 3.05) is 7.11 Å². The van der Waals surface area contributed by atoms with Gasteiger partial charge in [0.2, 0.25) is 0 Å². The fourth-order valence-corrected chi connectivity index (χ4v) is 4.60. The van der Waals surface area contributed by atoms with E-state index in [9.17, 15) is 9.59 Å². The highest BCUT2D eigenvalue weighted by atomic mass is 35.5. The van der Waals surface area contributed by atoms with Gasteiger partial charge in [0, 0.05) is 5.02 Å². The number of carbonyl (C=O) groups excluding carboxylic acids is 1. The number of aromatic nitrogens is 1. The second-order valence-electron chi connectivity index (χ2n) is 6.51. The molecule has 4 rings (SSSR count). The second kappa shape index (κ2) is 7.81. The van der Waals surface area contributed by atoms with Gasteiger partial charge in [-0.15, -0.1) is 0 Å². The molecule has 3 aromatic rings. The topological polar surface area (TPSA) is 60.7 Å². The molecule has 0 spiro atoms. The van der Waals surface area contributed by atoms with E-state index in [2.05, 4.69) is 4.99 Å². The lowest BCUT2D eigenvalue weighted by Crippen LogP contribution is -2.39. The summed E-state index contributed by atoms with van der Waals surface area (Å²) in [6.07, 6.45) is 1.76. The molecule has 1 atom stereocenters. The summed E-state index contributed by atoms with van der Waals surface area (Å²) in [5.74, 6) is -0.500.